The number of H-pyrrole nitrogens is 1. The van der Waals surface area contributed by atoms with Crippen molar-refractivity contribution in [3.63, 3.8) is 0 Å². The maximum Gasteiger partial charge on any atom is 0.315 e. The second-order valence-corrected chi connectivity index (χ2v) is 12.4. The van der Waals surface area contributed by atoms with Gasteiger partial charge in [0, 0.05) is 36.0 Å². The largest absolute Gasteiger partial charge is 0.344 e. The summed E-state index contributed by atoms with van der Waals surface area (Å²) in [6.45, 7) is 5.53. The van der Waals surface area contributed by atoms with Crippen LogP contribution in [0.2, 0.25) is 0 Å². The van der Waals surface area contributed by atoms with Gasteiger partial charge in [-0.05, 0) is 29.3 Å². The maximum absolute atomic E-state index is 12.8. The van der Waals surface area contributed by atoms with Crippen molar-refractivity contribution in [2.45, 2.75) is 37.6 Å². The number of benzene rings is 2. The van der Waals surface area contributed by atoms with E-state index in [9.17, 15) is 23.3 Å². The van der Waals surface area contributed by atoms with Gasteiger partial charge in [-0.25, -0.2) is 18.4 Å². The van der Waals surface area contributed by atoms with Crippen LogP contribution in [-0.2, 0) is 21.8 Å². The monoisotopic (exact) mass is 575 g/mol. The van der Waals surface area contributed by atoms with Crippen LogP contribution < -0.4 is 5.32 Å². The van der Waals surface area contributed by atoms with Crippen molar-refractivity contribution < 1.29 is 22.7 Å². The topological polar surface area (TPSA) is 187 Å². The molecule has 14 heteroatoms. The first-order chi connectivity index (χ1) is 19.3. The first-order valence-electron chi connectivity index (χ1n) is 12.4. The highest BCUT2D eigenvalue weighted by atomic mass is 32.2. The molecule has 0 bridgehead atoms. The average Bonchev–Trinajstić information content (AvgIpc) is 3.59. The number of rotatable bonds is 7. The first kappa shape index (κ1) is 27.6. The lowest BCUT2D eigenvalue weighted by Crippen LogP contribution is -2.24. The Morgan fingerprint density at radius 2 is 1.85 bits per heavy atom. The number of nitrogens with zero attached hydrogens (tertiary/aromatic N) is 5. The van der Waals surface area contributed by atoms with Crippen molar-refractivity contribution in [2.75, 3.05) is 6.26 Å². The Morgan fingerprint density at radius 3 is 2.54 bits per heavy atom. The minimum absolute atomic E-state index is 0.00984. The molecular formula is C27H25N7O6S. The minimum atomic E-state index is -3.72. The molecule has 5 rings (SSSR count). The van der Waals surface area contributed by atoms with Crippen molar-refractivity contribution in [3.8, 4) is 22.5 Å². The predicted molar refractivity (Wildman–Crippen MR) is 149 cm³/mol. The van der Waals surface area contributed by atoms with Crippen molar-refractivity contribution in [1.29, 1.82) is 0 Å². The number of hydrogen-bond donors (Lipinski definition) is 2. The smallest absolute Gasteiger partial charge is 0.315 e. The zero-order valence-corrected chi connectivity index (χ0v) is 23.3. The van der Waals surface area contributed by atoms with Crippen LogP contribution in [0.5, 0.6) is 0 Å². The summed E-state index contributed by atoms with van der Waals surface area (Å²) in [4.78, 5) is 39.7. The van der Waals surface area contributed by atoms with Gasteiger partial charge in [0.2, 0.25) is 0 Å². The van der Waals surface area contributed by atoms with Gasteiger partial charge >= 0.3 is 11.8 Å². The number of amides is 1. The van der Waals surface area contributed by atoms with Gasteiger partial charge in [-0.2, -0.15) is 4.98 Å². The van der Waals surface area contributed by atoms with E-state index in [0.29, 0.717) is 39.2 Å². The summed E-state index contributed by atoms with van der Waals surface area (Å²) in [7, 11) is -3.72. The summed E-state index contributed by atoms with van der Waals surface area (Å²) in [5.74, 6) is -0.229. The number of sulfone groups is 1. The standard InChI is InChI=1S/C27H25N7O6S/c1-27(2,3)26-32-25(40-33-26)24(35)29-14-16-10-9-15(13-20(16)41(4,38)39)17-11-12-28-23-21(17)30-22(31-23)18-7-5-6-8-19(18)34(36)37/h5-13H,14H2,1-4H3,(H,29,35)(H,28,30,31). The summed E-state index contributed by atoms with van der Waals surface area (Å²) < 4.78 is 30.6. The van der Waals surface area contributed by atoms with E-state index in [0.717, 1.165) is 6.26 Å². The summed E-state index contributed by atoms with van der Waals surface area (Å²) in [5.41, 5.74) is 2.00. The molecule has 1 amide bonds. The minimum Gasteiger partial charge on any atom is -0.344 e. The Kier molecular flexibility index (Phi) is 6.87. The zero-order chi connectivity index (χ0) is 29.5. The predicted octanol–water partition coefficient (Wildman–Crippen LogP) is 4.21. The number of carbonyl (C=O) groups is 1. The van der Waals surface area contributed by atoms with Crippen molar-refractivity contribution >= 4 is 32.6 Å². The molecule has 5 aromatic rings. The molecule has 3 aromatic heterocycles. The van der Waals surface area contributed by atoms with Gasteiger partial charge < -0.3 is 14.8 Å². The third kappa shape index (κ3) is 5.54. The second-order valence-electron chi connectivity index (χ2n) is 10.4. The Bertz CT molecular complexity index is 1920. The summed E-state index contributed by atoms with van der Waals surface area (Å²) >= 11 is 0. The van der Waals surface area contributed by atoms with Crippen LogP contribution in [0.15, 0.2) is 64.1 Å². The maximum atomic E-state index is 12.8. The molecule has 41 heavy (non-hydrogen) atoms. The number of nitrogens with one attached hydrogen (secondary N) is 2. The van der Waals surface area contributed by atoms with Gasteiger partial charge in [-0.1, -0.05) is 50.2 Å². The lowest BCUT2D eigenvalue weighted by molar-refractivity contribution is -0.384. The highest BCUT2D eigenvalue weighted by Gasteiger charge is 2.25. The van der Waals surface area contributed by atoms with Gasteiger partial charge in [-0.15, -0.1) is 0 Å². The Balaban J connectivity index is 1.49. The highest BCUT2D eigenvalue weighted by Crippen LogP contribution is 2.33. The first-order valence-corrected chi connectivity index (χ1v) is 14.3. The summed E-state index contributed by atoms with van der Waals surface area (Å²) in [5, 5.41) is 18.0. The Labute approximate surface area is 234 Å². The molecule has 0 aliphatic rings. The lowest BCUT2D eigenvalue weighted by atomic mass is 9.96. The van der Waals surface area contributed by atoms with E-state index in [1.54, 1.807) is 36.4 Å². The number of hydrogen-bond acceptors (Lipinski definition) is 10. The van der Waals surface area contributed by atoms with Crippen LogP contribution in [0.1, 0.15) is 42.8 Å². The van der Waals surface area contributed by atoms with Crippen LogP contribution in [0, 0.1) is 10.1 Å². The van der Waals surface area contributed by atoms with Gasteiger partial charge in [0.15, 0.2) is 21.3 Å². The number of carbonyl (C=O) groups excluding carboxylic acids is 1. The van der Waals surface area contributed by atoms with Crippen molar-refractivity contribution in [3.05, 3.63) is 82.1 Å². The Morgan fingerprint density at radius 1 is 1.10 bits per heavy atom. The van der Waals surface area contributed by atoms with E-state index in [-0.39, 0.29) is 28.8 Å². The van der Waals surface area contributed by atoms with Gasteiger partial charge in [0.05, 0.1) is 15.4 Å². The molecule has 0 saturated heterocycles. The number of nitro benzene ring substituents is 1. The number of aromatic amines is 1. The molecule has 0 unspecified atom stereocenters. The lowest BCUT2D eigenvalue weighted by Gasteiger charge is -2.12. The molecule has 2 N–H and O–H groups in total. The number of para-hydroxylation sites is 1. The van der Waals surface area contributed by atoms with Crippen LogP contribution in [0.4, 0.5) is 5.69 Å². The zero-order valence-electron chi connectivity index (χ0n) is 22.5. The third-order valence-corrected chi connectivity index (χ3v) is 7.43. The molecule has 0 saturated carbocycles. The van der Waals surface area contributed by atoms with Gasteiger partial charge in [-0.3, -0.25) is 14.9 Å². The molecule has 3 heterocycles. The fraction of sp³-hybridized carbons (Fsp3) is 0.222. The van der Waals surface area contributed by atoms with E-state index >= 15 is 0 Å². The van der Waals surface area contributed by atoms with Crippen LogP contribution >= 0.6 is 0 Å². The molecule has 210 valence electrons. The second kappa shape index (κ2) is 10.2. The number of pyridine rings is 1. The normalized spacial score (nSPS) is 12.0. The molecule has 0 aliphatic carbocycles. The van der Waals surface area contributed by atoms with E-state index in [1.165, 1.54) is 18.3 Å². The quantitative estimate of drug-likeness (QED) is 0.210. The molecule has 2 aromatic carbocycles. The van der Waals surface area contributed by atoms with Gasteiger partial charge in [0.1, 0.15) is 11.3 Å². The van der Waals surface area contributed by atoms with E-state index in [4.69, 9.17) is 4.52 Å². The Hall–Kier alpha value is -4.98. The van der Waals surface area contributed by atoms with Crippen molar-refractivity contribution in [1.82, 2.24) is 30.4 Å². The summed E-state index contributed by atoms with van der Waals surface area (Å²) in [6.07, 6.45) is 2.61. The number of aromatic nitrogens is 5. The van der Waals surface area contributed by atoms with E-state index in [2.05, 4.69) is 30.4 Å². The molecule has 0 radical (unpaired) electrons. The molecule has 0 aliphatic heterocycles. The number of imidazole rings is 1. The molecule has 0 atom stereocenters. The number of fused-ring (bicyclic) bond motifs is 1. The van der Waals surface area contributed by atoms with Crippen molar-refractivity contribution in [2.24, 2.45) is 0 Å². The number of nitro groups is 1. The molecule has 0 fully saturated rings. The van der Waals surface area contributed by atoms with Gasteiger partial charge in [0.25, 0.3) is 5.69 Å². The molecular weight excluding hydrogens is 550 g/mol. The fourth-order valence-corrected chi connectivity index (χ4v) is 5.15. The molecule has 0 spiro atoms. The van der Waals surface area contributed by atoms with E-state index < -0.39 is 26.1 Å². The summed E-state index contributed by atoms with van der Waals surface area (Å²) in [6, 6.07) is 12.7. The molecule has 13 nitrogen and oxygen atoms in total. The van der Waals surface area contributed by atoms with Crippen LogP contribution in [0.3, 0.4) is 0 Å². The SMILES string of the molecule is CC(C)(C)c1noc(C(=O)NCc2ccc(-c3ccnc4[nH]c(-c5ccccc5[N+](=O)[O-])nc34)cc2S(C)(=O)=O)n1. The highest BCUT2D eigenvalue weighted by molar-refractivity contribution is 7.90. The fourth-order valence-electron chi connectivity index (χ4n) is 4.19. The average molecular weight is 576 g/mol. The van der Waals surface area contributed by atoms with Crippen LogP contribution in [-0.4, -0.2) is 50.6 Å². The van der Waals surface area contributed by atoms with Crippen LogP contribution in [0.25, 0.3) is 33.7 Å². The van der Waals surface area contributed by atoms with E-state index in [1.807, 2.05) is 20.8 Å². The third-order valence-electron chi connectivity index (χ3n) is 6.25.